The zero-order valence-electron chi connectivity index (χ0n) is 14.6. The second kappa shape index (κ2) is 7.62. The topological polar surface area (TPSA) is 50.8 Å². The van der Waals surface area contributed by atoms with Gasteiger partial charge in [-0.05, 0) is 61.3 Å². The lowest BCUT2D eigenvalue weighted by Gasteiger charge is -2.17. The fraction of sp³-hybridized carbons (Fsp3) is 0.286. The number of rotatable bonds is 5. The molecule has 5 nitrogen and oxygen atoms in total. The molecule has 2 aromatic carbocycles. The van der Waals surface area contributed by atoms with E-state index < -0.39 is 0 Å². The maximum absolute atomic E-state index is 12.3. The van der Waals surface area contributed by atoms with Crippen LogP contribution in [0.5, 0.6) is 11.5 Å². The third kappa shape index (κ3) is 3.89. The van der Waals surface area contributed by atoms with Crippen molar-refractivity contribution in [2.24, 2.45) is 0 Å². The van der Waals surface area contributed by atoms with E-state index in [2.05, 4.69) is 16.3 Å². The van der Waals surface area contributed by atoms with Crippen molar-refractivity contribution in [2.45, 2.75) is 19.4 Å². The number of anilines is 1. The van der Waals surface area contributed by atoms with E-state index in [0.29, 0.717) is 5.75 Å². The van der Waals surface area contributed by atoms with Crippen molar-refractivity contribution in [3.8, 4) is 11.5 Å². The molecule has 0 bridgehead atoms. The largest absolute Gasteiger partial charge is 0.454 e. The highest BCUT2D eigenvalue weighted by Crippen LogP contribution is 2.32. The van der Waals surface area contributed by atoms with Crippen LogP contribution in [-0.2, 0) is 11.3 Å². The van der Waals surface area contributed by atoms with Gasteiger partial charge in [0.25, 0.3) is 0 Å². The first kappa shape index (κ1) is 16.7. The number of benzene rings is 2. The Balaban J connectivity index is 1.41. The number of ether oxygens (including phenoxy) is 2. The highest BCUT2D eigenvalue weighted by molar-refractivity contribution is 6.02. The summed E-state index contributed by atoms with van der Waals surface area (Å²) in [4.78, 5) is 14.8. The molecule has 0 spiro atoms. The van der Waals surface area contributed by atoms with Gasteiger partial charge in [0.05, 0.1) is 0 Å². The molecule has 1 amide bonds. The van der Waals surface area contributed by atoms with Gasteiger partial charge < -0.3 is 14.8 Å². The number of fused-ring (bicyclic) bond motifs is 1. The minimum atomic E-state index is -0.142. The van der Waals surface area contributed by atoms with Crippen LogP contribution in [0, 0.1) is 0 Å². The average molecular weight is 350 g/mol. The van der Waals surface area contributed by atoms with Crippen molar-refractivity contribution in [2.75, 3.05) is 25.2 Å². The minimum Gasteiger partial charge on any atom is -0.454 e. The predicted molar refractivity (Wildman–Crippen MR) is 101 cm³/mol. The third-order valence-electron chi connectivity index (χ3n) is 4.69. The number of amides is 1. The summed E-state index contributed by atoms with van der Waals surface area (Å²) in [5, 5.41) is 3.00. The number of hydrogen-bond donors (Lipinski definition) is 1. The van der Waals surface area contributed by atoms with Gasteiger partial charge in [-0.1, -0.05) is 24.3 Å². The molecule has 134 valence electrons. The molecule has 2 heterocycles. The Kier molecular flexibility index (Phi) is 4.88. The Labute approximate surface area is 153 Å². The van der Waals surface area contributed by atoms with Crippen LogP contribution >= 0.6 is 0 Å². The number of carbonyl (C=O) groups excluding carboxylic acids is 1. The maximum Gasteiger partial charge on any atom is 0.248 e. The first-order chi connectivity index (χ1) is 12.8. The Morgan fingerprint density at radius 1 is 1.08 bits per heavy atom. The lowest BCUT2D eigenvalue weighted by Crippen LogP contribution is -2.20. The Bertz CT molecular complexity index is 826. The first-order valence-electron chi connectivity index (χ1n) is 8.97. The minimum absolute atomic E-state index is 0.142. The van der Waals surface area contributed by atoms with Crippen molar-refractivity contribution < 1.29 is 14.3 Å². The lowest BCUT2D eigenvalue weighted by molar-refractivity contribution is -0.111. The average Bonchev–Trinajstić information content (AvgIpc) is 3.32. The van der Waals surface area contributed by atoms with Gasteiger partial charge in [0.1, 0.15) is 0 Å². The summed E-state index contributed by atoms with van der Waals surface area (Å²) in [6, 6.07) is 13.6. The summed E-state index contributed by atoms with van der Waals surface area (Å²) in [6.45, 7) is 3.39. The van der Waals surface area contributed by atoms with Crippen LogP contribution < -0.4 is 14.8 Å². The molecule has 2 aliphatic heterocycles. The van der Waals surface area contributed by atoms with Gasteiger partial charge in [0.2, 0.25) is 12.7 Å². The van der Waals surface area contributed by atoms with E-state index in [9.17, 15) is 4.79 Å². The number of likely N-dealkylation sites (tertiary alicyclic amines) is 1. The number of nitrogens with zero attached hydrogens (tertiary/aromatic N) is 1. The van der Waals surface area contributed by atoms with Crippen LogP contribution in [0.4, 0.5) is 5.69 Å². The zero-order chi connectivity index (χ0) is 17.8. The number of nitrogens with one attached hydrogen (secondary N) is 1. The number of para-hydroxylation sites is 1. The van der Waals surface area contributed by atoms with Gasteiger partial charge in [0.15, 0.2) is 11.5 Å². The van der Waals surface area contributed by atoms with E-state index in [1.807, 2.05) is 36.4 Å². The molecule has 0 unspecified atom stereocenters. The molecule has 0 aliphatic carbocycles. The van der Waals surface area contributed by atoms with Crippen molar-refractivity contribution in [3.05, 3.63) is 59.7 Å². The van der Waals surface area contributed by atoms with E-state index in [0.717, 1.165) is 42.2 Å². The molecule has 0 aromatic heterocycles. The molecular formula is C21H22N2O3. The smallest absolute Gasteiger partial charge is 0.248 e. The highest BCUT2D eigenvalue weighted by atomic mass is 16.7. The number of hydrogen-bond acceptors (Lipinski definition) is 4. The maximum atomic E-state index is 12.3. The van der Waals surface area contributed by atoms with Gasteiger partial charge in [0, 0.05) is 18.3 Å². The molecule has 1 N–H and O–H groups in total. The van der Waals surface area contributed by atoms with Gasteiger partial charge in [-0.15, -0.1) is 0 Å². The van der Waals surface area contributed by atoms with Crippen LogP contribution in [-0.4, -0.2) is 30.7 Å². The molecule has 0 atom stereocenters. The molecule has 4 rings (SSSR count). The van der Waals surface area contributed by atoms with Crippen LogP contribution in [0.25, 0.3) is 6.08 Å². The normalized spacial score (nSPS) is 16.3. The van der Waals surface area contributed by atoms with Crippen LogP contribution in [0.15, 0.2) is 48.5 Å². The van der Waals surface area contributed by atoms with Crippen LogP contribution in [0.1, 0.15) is 24.0 Å². The first-order valence-corrected chi connectivity index (χ1v) is 8.97. The van der Waals surface area contributed by atoms with Gasteiger partial charge in [-0.25, -0.2) is 0 Å². The van der Waals surface area contributed by atoms with Gasteiger partial charge >= 0.3 is 0 Å². The lowest BCUT2D eigenvalue weighted by atomic mass is 10.1. The standard InChI is InChI=1S/C21H22N2O3/c24-21(10-8-16-7-9-19-20(13-16)26-15-25-19)22-18-6-2-1-5-17(18)14-23-11-3-4-12-23/h1-2,5-10,13H,3-4,11-12,14-15H2,(H,22,24). The summed E-state index contributed by atoms with van der Waals surface area (Å²) < 4.78 is 10.7. The second-order valence-electron chi connectivity index (χ2n) is 6.58. The van der Waals surface area contributed by atoms with E-state index in [1.54, 1.807) is 12.2 Å². The molecule has 0 radical (unpaired) electrons. The summed E-state index contributed by atoms with van der Waals surface area (Å²) >= 11 is 0. The van der Waals surface area contributed by atoms with Crippen molar-refractivity contribution >= 4 is 17.7 Å². The molecule has 2 aromatic rings. The molecule has 1 fully saturated rings. The van der Waals surface area contributed by atoms with E-state index >= 15 is 0 Å². The van der Waals surface area contributed by atoms with Crippen molar-refractivity contribution in [1.29, 1.82) is 0 Å². The van der Waals surface area contributed by atoms with E-state index in [4.69, 9.17) is 9.47 Å². The molecular weight excluding hydrogens is 328 g/mol. The summed E-state index contributed by atoms with van der Waals surface area (Å²) in [7, 11) is 0. The second-order valence-corrected chi connectivity index (χ2v) is 6.58. The predicted octanol–water partition coefficient (Wildman–Crippen LogP) is 3.66. The Morgan fingerprint density at radius 3 is 2.77 bits per heavy atom. The Morgan fingerprint density at radius 2 is 1.88 bits per heavy atom. The van der Waals surface area contributed by atoms with Crippen molar-refractivity contribution in [3.63, 3.8) is 0 Å². The molecule has 1 saturated heterocycles. The fourth-order valence-corrected chi connectivity index (χ4v) is 3.32. The van der Waals surface area contributed by atoms with E-state index in [-0.39, 0.29) is 12.7 Å². The molecule has 5 heteroatoms. The highest BCUT2D eigenvalue weighted by Gasteiger charge is 2.14. The Hall–Kier alpha value is -2.79. The quantitative estimate of drug-likeness (QED) is 0.836. The summed E-state index contributed by atoms with van der Waals surface area (Å²) in [5.41, 5.74) is 2.92. The SMILES string of the molecule is O=C(C=Cc1ccc2c(c1)OCO2)Nc1ccccc1CN1CCCC1. The third-order valence-corrected chi connectivity index (χ3v) is 4.69. The van der Waals surface area contributed by atoms with Gasteiger partial charge in [-0.3, -0.25) is 9.69 Å². The zero-order valence-corrected chi connectivity index (χ0v) is 14.6. The monoisotopic (exact) mass is 350 g/mol. The van der Waals surface area contributed by atoms with Crippen molar-refractivity contribution in [1.82, 2.24) is 4.90 Å². The number of carbonyl (C=O) groups is 1. The molecule has 26 heavy (non-hydrogen) atoms. The molecule has 0 saturated carbocycles. The van der Waals surface area contributed by atoms with Crippen LogP contribution in [0.3, 0.4) is 0 Å². The molecule has 2 aliphatic rings. The van der Waals surface area contributed by atoms with E-state index in [1.165, 1.54) is 12.8 Å². The fourth-order valence-electron chi connectivity index (χ4n) is 3.32. The van der Waals surface area contributed by atoms with Crippen LogP contribution in [0.2, 0.25) is 0 Å². The summed E-state index contributed by atoms with van der Waals surface area (Å²) in [5.74, 6) is 1.31. The summed E-state index contributed by atoms with van der Waals surface area (Å²) in [6.07, 6.45) is 5.84. The van der Waals surface area contributed by atoms with Gasteiger partial charge in [-0.2, -0.15) is 0 Å².